The summed E-state index contributed by atoms with van der Waals surface area (Å²) < 4.78 is 5.38. The van der Waals surface area contributed by atoms with Crippen LogP contribution in [0.2, 0.25) is 0 Å². The fraction of sp³-hybridized carbons (Fsp3) is 0.706. The summed E-state index contributed by atoms with van der Waals surface area (Å²) in [4.78, 5) is 13.2. The third-order valence-electron chi connectivity index (χ3n) is 3.21. The highest BCUT2D eigenvalue weighted by Gasteiger charge is 2.21. The lowest BCUT2D eigenvalue weighted by molar-refractivity contribution is 0.00712. The lowest BCUT2D eigenvalue weighted by Gasteiger charge is -2.19. The van der Waals surface area contributed by atoms with Crippen LogP contribution in [0.3, 0.4) is 0 Å². The van der Waals surface area contributed by atoms with Gasteiger partial charge < -0.3 is 10.5 Å². The molecule has 2 N–H and O–H groups in total. The van der Waals surface area contributed by atoms with Gasteiger partial charge in [0.05, 0.1) is 5.56 Å². The van der Waals surface area contributed by atoms with E-state index < -0.39 is 5.60 Å². The number of esters is 1. The van der Waals surface area contributed by atoms with E-state index in [0.717, 1.165) is 12.8 Å². The van der Waals surface area contributed by atoms with E-state index in [1.165, 1.54) is 48.3 Å². The Morgan fingerprint density at radius 1 is 1.19 bits per heavy atom. The zero-order chi connectivity index (χ0) is 15.9. The van der Waals surface area contributed by atoms with Gasteiger partial charge in [-0.05, 0) is 39.7 Å². The Kier molecular flexibility index (Phi) is 7.23. The van der Waals surface area contributed by atoms with Crippen LogP contribution in [0, 0.1) is 0 Å². The second-order valence-corrected chi connectivity index (χ2v) is 7.68. The molecule has 0 atom stereocenters. The molecule has 0 bridgehead atoms. The van der Waals surface area contributed by atoms with Crippen molar-refractivity contribution in [1.82, 2.24) is 0 Å². The zero-order valence-electron chi connectivity index (χ0n) is 13.8. The lowest BCUT2D eigenvalue weighted by atomic mass is 10.1. The SMILES string of the molecule is CCCCCCCCc1cc(C(=O)OC(C)(C)C)c(N)s1. The predicted octanol–water partition coefficient (Wildman–Crippen LogP) is 5.19. The highest BCUT2D eigenvalue weighted by Crippen LogP contribution is 2.28. The normalized spacial score (nSPS) is 11.6. The van der Waals surface area contributed by atoms with Crippen molar-refractivity contribution in [3.05, 3.63) is 16.5 Å². The molecule has 0 aromatic carbocycles. The molecule has 1 aromatic rings. The van der Waals surface area contributed by atoms with Gasteiger partial charge in [0.1, 0.15) is 10.6 Å². The highest BCUT2D eigenvalue weighted by molar-refractivity contribution is 7.16. The van der Waals surface area contributed by atoms with Crippen molar-refractivity contribution in [1.29, 1.82) is 0 Å². The monoisotopic (exact) mass is 311 g/mol. The summed E-state index contributed by atoms with van der Waals surface area (Å²) in [6.07, 6.45) is 8.65. The first kappa shape index (κ1) is 18.0. The molecule has 0 fully saturated rings. The fourth-order valence-electron chi connectivity index (χ4n) is 2.15. The number of nitrogen functional groups attached to an aromatic ring is 1. The molecule has 0 spiro atoms. The van der Waals surface area contributed by atoms with Gasteiger partial charge in [0, 0.05) is 4.88 Å². The Hall–Kier alpha value is -1.03. The average Bonchev–Trinajstić information content (AvgIpc) is 2.73. The van der Waals surface area contributed by atoms with Gasteiger partial charge in [-0.15, -0.1) is 11.3 Å². The number of carbonyl (C=O) groups excluding carboxylic acids is 1. The minimum Gasteiger partial charge on any atom is -0.456 e. The number of unbranched alkanes of at least 4 members (excludes halogenated alkanes) is 5. The van der Waals surface area contributed by atoms with Gasteiger partial charge in [-0.3, -0.25) is 0 Å². The summed E-state index contributed by atoms with van der Waals surface area (Å²) in [5, 5.41) is 0.574. The number of hydrogen-bond donors (Lipinski definition) is 1. The third kappa shape index (κ3) is 6.98. The van der Waals surface area contributed by atoms with Gasteiger partial charge in [0.2, 0.25) is 0 Å². The maximum Gasteiger partial charge on any atom is 0.341 e. The second kappa shape index (κ2) is 8.42. The molecule has 0 amide bonds. The van der Waals surface area contributed by atoms with Crippen LogP contribution in [0.1, 0.15) is 81.5 Å². The molecule has 0 radical (unpaired) electrons. The molecule has 0 saturated carbocycles. The second-order valence-electron chi connectivity index (χ2n) is 6.51. The minimum absolute atomic E-state index is 0.314. The van der Waals surface area contributed by atoms with Gasteiger partial charge in [0.15, 0.2) is 0 Å². The van der Waals surface area contributed by atoms with Crippen molar-refractivity contribution in [3.8, 4) is 0 Å². The van der Waals surface area contributed by atoms with E-state index >= 15 is 0 Å². The zero-order valence-corrected chi connectivity index (χ0v) is 14.6. The average molecular weight is 311 g/mol. The molecule has 0 aliphatic rings. The van der Waals surface area contributed by atoms with Crippen molar-refractivity contribution in [2.75, 3.05) is 5.73 Å². The van der Waals surface area contributed by atoms with E-state index in [1.807, 2.05) is 26.8 Å². The molecule has 0 aliphatic carbocycles. The van der Waals surface area contributed by atoms with E-state index in [-0.39, 0.29) is 5.97 Å². The molecular formula is C17H29NO2S. The number of anilines is 1. The number of ether oxygens (including phenoxy) is 1. The maximum atomic E-state index is 12.0. The Morgan fingerprint density at radius 3 is 2.43 bits per heavy atom. The van der Waals surface area contributed by atoms with Crippen LogP contribution in [0.4, 0.5) is 5.00 Å². The first-order chi connectivity index (χ1) is 9.83. The highest BCUT2D eigenvalue weighted by atomic mass is 32.1. The summed E-state index contributed by atoms with van der Waals surface area (Å²) in [5.41, 5.74) is 5.99. The number of nitrogens with two attached hydrogens (primary N) is 1. The maximum absolute atomic E-state index is 12.0. The predicted molar refractivity (Wildman–Crippen MR) is 91.0 cm³/mol. The summed E-state index contributed by atoms with van der Waals surface area (Å²) in [5.74, 6) is -0.314. The number of thiophene rings is 1. The molecule has 3 nitrogen and oxygen atoms in total. The Labute approximate surface area is 132 Å². The van der Waals surface area contributed by atoms with Gasteiger partial charge in [-0.1, -0.05) is 39.0 Å². The van der Waals surface area contributed by atoms with E-state index in [0.29, 0.717) is 10.6 Å². The van der Waals surface area contributed by atoms with Crippen molar-refractivity contribution in [3.63, 3.8) is 0 Å². The molecule has 120 valence electrons. The first-order valence-electron chi connectivity index (χ1n) is 7.95. The molecule has 4 heteroatoms. The molecule has 21 heavy (non-hydrogen) atoms. The Morgan fingerprint density at radius 2 is 1.81 bits per heavy atom. The number of carbonyl (C=O) groups is 1. The van der Waals surface area contributed by atoms with Crippen LogP contribution in [0.5, 0.6) is 0 Å². The fourth-order valence-corrected chi connectivity index (χ4v) is 3.11. The minimum atomic E-state index is -0.481. The van der Waals surface area contributed by atoms with E-state index in [1.54, 1.807) is 0 Å². The van der Waals surface area contributed by atoms with Crippen LogP contribution in [-0.4, -0.2) is 11.6 Å². The van der Waals surface area contributed by atoms with Crippen LogP contribution < -0.4 is 5.73 Å². The molecule has 1 aromatic heterocycles. The quantitative estimate of drug-likeness (QED) is 0.531. The van der Waals surface area contributed by atoms with Gasteiger partial charge in [-0.2, -0.15) is 0 Å². The smallest absolute Gasteiger partial charge is 0.341 e. The van der Waals surface area contributed by atoms with Crippen LogP contribution in [0.15, 0.2) is 6.07 Å². The summed E-state index contributed by atoms with van der Waals surface area (Å²) in [6.45, 7) is 7.83. The van der Waals surface area contributed by atoms with Crippen molar-refractivity contribution >= 4 is 22.3 Å². The topological polar surface area (TPSA) is 52.3 Å². The summed E-state index contributed by atoms with van der Waals surface area (Å²) in [7, 11) is 0. The lowest BCUT2D eigenvalue weighted by Crippen LogP contribution is -2.24. The van der Waals surface area contributed by atoms with Crippen LogP contribution >= 0.6 is 11.3 Å². The van der Waals surface area contributed by atoms with E-state index in [4.69, 9.17) is 10.5 Å². The number of hydrogen-bond acceptors (Lipinski definition) is 4. The third-order valence-corrected chi connectivity index (χ3v) is 4.23. The molecule has 1 rings (SSSR count). The van der Waals surface area contributed by atoms with E-state index in [2.05, 4.69) is 6.92 Å². The van der Waals surface area contributed by atoms with Crippen molar-refractivity contribution < 1.29 is 9.53 Å². The Bertz CT molecular complexity index is 446. The number of aryl methyl sites for hydroxylation is 1. The van der Waals surface area contributed by atoms with Gasteiger partial charge in [-0.25, -0.2) is 4.79 Å². The van der Waals surface area contributed by atoms with Crippen LogP contribution in [-0.2, 0) is 11.2 Å². The summed E-state index contributed by atoms with van der Waals surface area (Å²) in [6, 6.07) is 1.90. The molecule has 0 unspecified atom stereocenters. The molecular weight excluding hydrogens is 282 g/mol. The van der Waals surface area contributed by atoms with Crippen molar-refractivity contribution in [2.45, 2.75) is 78.2 Å². The molecule has 1 heterocycles. The van der Waals surface area contributed by atoms with Crippen molar-refractivity contribution in [2.24, 2.45) is 0 Å². The molecule has 0 saturated heterocycles. The molecule has 0 aliphatic heterocycles. The Balaban J connectivity index is 2.45. The standard InChI is InChI=1S/C17H29NO2S/c1-5-6-7-8-9-10-11-13-12-14(15(18)21-13)16(19)20-17(2,3)4/h12H,5-11,18H2,1-4H3. The summed E-state index contributed by atoms with van der Waals surface area (Å²) >= 11 is 1.51. The largest absolute Gasteiger partial charge is 0.456 e. The van der Waals surface area contributed by atoms with Gasteiger partial charge >= 0.3 is 5.97 Å². The first-order valence-corrected chi connectivity index (χ1v) is 8.76. The van der Waals surface area contributed by atoms with E-state index in [9.17, 15) is 4.79 Å². The number of rotatable bonds is 8. The van der Waals surface area contributed by atoms with Gasteiger partial charge in [0.25, 0.3) is 0 Å². The van der Waals surface area contributed by atoms with Crippen LogP contribution in [0.25, 0.3) is 0 Å².